The molecule has 2 aromatic heterocycles. The summed E-state index contributed by atoms with van der Waals surface area (Å²) in [6.45, 7) is 0. The molecule has 2 N–H and O–H groups in total. The lowest BCUT2D eigenvalue weighted by molar-refractivity contribution is 0.262. The van der Waals surface area contributed by atoms with Crippen LogP contribution in [0.1, 0.15) is 0 Å². The molecular formula is C11H8Cl2N4O. The van der Waals surface area contributed by atoms with Crippen molar-refractivity contribution in [2.75, 3.05) is 10.6 Å². The molecule has 2 amide bonds. The second-order valence-electron chi connectivity index (χ2n) is 3.32. The number of hydrogen-bond acceptors (Lipinski definition) is 3. The van der Waals surface area contributed by atoms with E-state index < -0.39 is 6.03 Å². The minimum atomic E-state index is -0.401. The predicted molar refractivity (Wildman–Crippen MR) is 71.1 cm³/mol. The van der Waals surface area contributed by atoms with Gasteiger partial charge in [-0.15, -0.1) is 0 Å². The summed E-state index contributed by atoms with van der Waals surface area (Å²) in [7, 11) is 0. The van der Waals surface area contributed by atoms with Gasteiger partial charge in [-0.2, -0.15) is 0 Å². The first-order valence-electron chi connectivity index (χ1n) is 4.94. The molecule has 0 spiro atoms. The van der Waals surface area contributed by atoms with E-state index >= 15 is 0 Å². The molecule has 0 fully saturated rings. The number of carbonyl (C=O) groups excluding carboxylic acids is 1. The van der Waals surface area contributed by atoms with Crippen molar-refractivity contribution in [3.05, 3.63) is 47.0 Å². The number of urea groups is 1. The quantitative estimate of drug-likeness (QED) is 0.830. The van der Waals surface area contributed by atoms with Crippen LogP contribution in [-0.2, 0) is 0 Å². The number of halogens is 2. The maximum Gasteiger partial charge on any atom is 0.323 e. The third-order valence-corrected chi connectivity index (χ3v) is 2.40. The molecule has 2 rings (SSSR count). The second kappa shape index (κ2) is 5.66. The van der Waals surface area contributed by atoms with Crippen LogP contribution in [0, 0.1) is 0 Å². The number of amides is 2. The fourth-order valence-electron chi connectivity index (χ4n) is 1.22. The normalized spacial score (nSPS) is 9.89. The lowest BCUT2D eigenvalue weighted by atomic mass is 10.4. The lowest BCUT2D eigenvalue weighted by Gasteiger charge is -2.07. The summed E-state index contributed by atoms with van der Waals surface area (Å²) in [6.07, 6.45) is 2.96. The Morgan fingerprint density at radius 1 is 1.00 bits per heavy atom. The predicted octanol–water partition coefficient (Wildman–Crippen LogP) is 3.43. The third-order valence-electron chi connectivity index (χ3n) is 1.97. The van der Waals surface area contributed by atoms with E-state index in [-0.39, 0.29) is 0 Å². The smallest absolute Gasteiger partial charge is 0.308 e. The monoisotopic (exact) mass is 282 g/mol. The highest BCUT2D eigenvalue weighted by Crippen LogP contribution is 2.13. The highest BCUT2D eigenvalue weighted by Gasteiger charge is 2.03. The van der Waals surface area contributed by atoms with Gasteiger partial charge in [-0.1, -0.05) is 23.2 Å². The van der Waals surface area contributed by atoms with Crippen LogP contribution in [0.3, 0.4) is 0 Å². The summed E-state index contributed by atoms with van der Waals surface area (Å²) in [5.74, 6) is 0. The molecule has 0 bridgehead atoms. The van der Waals surface area contributed by atoms with E-state index in [1.807, 2.05) is 0 Å². The molecule has 0 radical (unpaired) electrons. The van der Waals surface area contributed by atoms with Crippen molar-refractivity contribution < 1.29 is 4.79 Å². The molecule has 7 heteroatoms. The first-order chi connectivity index (χ1) is 8.63. The topological polar surface area (TPSA) is 66.9 Å². The summed E-state index contributed by atoms with van der Waals surface area (Å²) in [5.41, 5.74) is 1.09. The first-order valence-corrected chi connectivity index (χ1v) is 5.70. The van der Waals surface area contributed by atoms with Crippen LogP contribution in [0.4, 0.5) is 16.2 Å². The second-order valence-corrected chi connectivity index (χ2v) is 4.09. The number of nitrogens with one attached hydrogen (secondary N) is 2. The fourth-order valence-corrected chi connectivity index (χ4v) is 1.51. The lowest BCUT2D eigenvalue weighted by Crippen LogP contribution is -2.19. The van der Waals surface area contributed by atoms with Crippen LogP contribution in [0.25, 0.3) is 0 Å². The molecule has 0 aliphatic carbocycles. The Bertz CT molecular complexity index is 559. The number of rotatable bonds is 2. The summed E-state index contributed by atoms with van der Waals surface area (Å²) in [6, 6.07) is 6.00. The molecule has 5 nitrogen and oxygen atoms in total. The van der Waals surface area contributed by atoms with Crippen LogP contribution in [0.15, 0.2) is 36.7 Å². The summed E-state index contributed by atoms with van der Waals surface area (Å²) in [5, 5.41) is 5.88. The van der Waals surface area contributed by atoms with E-state index in [1.165, 1.54) is 12.4 Å². The van der Waals surface area contributed by atoms with Crippen LogP contribution < -0.4 is 10.6 Å². The van der Waals surface area contributed by atoms with E-state index in [0.29, 0.717) is 21.7 Å². The number of carbonyl (C=O) groups is 1. The van der Waals surface area contributed by atoms with Crippen molar-refractivity contribution >= 4 is 40.6 Å². The summed E-state index contributed by atoms with van der Waals surface area (Å²) in [4.78, 5) is 19.3. The molecule has 18 heavy (non-hydrogen) atoms. The Labute approximate surface area is 113 Å². The SMILES string of the molecule is O=C(Nc1ccc(Cl)nc1)Nc1ccnc(Cl)c1. The summed E-state index contributed by atoms with van der Waals surface area (Å²) < 4.78 is 0. The number of anilines is 2. The molecule has 0 aromatic carbocycles. The van der Waals surface area contributed by atoms with E-state index in [4.69, 9.17) is 23.2 Å². The molecule has 0 saturated carbocycles. The molecular weight excluding hydrogens is 275 g/mol. The number of pyridine rings is 2. The zero-order valence-corrected chi connectivity index (χ0v) is 10.5. The van der Waals surface area contributed by atoms with E-state index in [1.54, 1.807) is 24.3 Å². The number of aromatic nitrogens is 2. The van der Waals surface area contributed by atoms with E-state index in [2.05, 4.69) is 20.6 Å². The Balaban J connectivity index is 1.98. The van der Waals surface area contributed by atoms with E-state index in [0.717, 1.165) is 0 Å². The maximum atomic E-state index is 11.6. The van der Waals surface area contributed by atoms with Gasteiger partial charge in [-0.3, -0.25) is 0 Å². The van der Waals surface area contributed by atoms with Gasteiger partial charge in [0.2, 0.25) is 0 Å². The molecule has 0 atom stereocenters. The average molecular weight is 283 g/mol. The number of hydrogen-bond donors (Lipinski definition) is 2. The van der Waals surface area contributed by atoms with Crippen molar-refractivity contribution in [2.45, 2.75) is 0 Å². The minimum absolute atomic E-state index is 0.306. The Hall–Kier alpha value is -1.85. The number of nitrogens with zero attached hydrogens (tertiary/aromatic N) is 2. The van der Waals surface area contributed by atoms with Gasteiger partial charge in [0.15, 0.2) is 0 Å². The van der Waals surface area contributed by atoms with Crippen LogP contribution in [0.5, 0.6) is 0 Å². The molecule has 2 aromatic rings. The zero-order chi connectivity index (χ0) is 13.0. The van der Waals surface area contributed by atoms with Gasteiger partial charge in [0, 0.05) is 11.9 Å². The Kier molecular flexibility index (Phi) is 3.96. The van der Waals surface area contributed by atoms with Crippen molar-refractivity contribution in [3.8, 4) is 0 Å². The van der Waals surface area contributed by atoms with Crippen molar-refractivity contribution in [3.63, 3.8) is 0 Å². The standard InChI is InChI=1S/C11H8Cl2N4O/c12-9-2-1-8(6-15-9)17-11(18)16-7-3-4-14-10(13)5-7/h1-6H,(H2,14,16,17,18). The third kappa shape index (κ3) is 3.58. The molecule has 0 aliphatic rings. The van der Waals surface area contributed by atoms with Gasteiger partial charge in [-0.25, -0.2) is 14.8 Å². The van der Waals surface area contributed by atoms with Crippen molar-refractivity contribution in [2.24, 2.45) is 0 Å². The van der Waals surface area contributed by atoms with Crippen LogP contribution in [0.2, 0.25) is 10.3 Å². The van der Waals surface area contributed by atoms with Gasteiger partial charge in [0.25, 0.3) is 0 Å². The van der Waals surface area contributed by atoms with Crippen molar-refractivity contribution in [1.82, 2.24) is 9.97 Å². The van der Waals surface area contributed by atoms with Gasteiger partial charge < -0.3 is 10.6 Å². The Morgan fingerprint density at radius 3 is 2.44 bits per heavy atom. The van der Waals surface area contributed by atoms with Gasteiger partial charge in [-0.05, 0) is 24.3 Å². The first kappa shape index (κ1) is 12.6. The van der Waals surface area contributed by atoms with Crippen molar-refractivity contribution in [1.29, 1.82) is 0 Å². The Morgan fingerprint density at radius 2 is 1.78 bits per heavy atom. The van der Waals surface area contributed by atoms with Gasteiger partial charge in [0.05, 0.1) is 11.9 Å². The highest BCUT2D eigenvalue weighted by molar-refractivity contribution is 6.29. The molecule has 0 unspecified atom stereocenters. The molecule has 2 heterocycles. The summed E-state index contributed by atoms with van der Waals surface area (Å²) >= 11 is 11.3. The minimum Gasteiger partial charge on any atom is -0.308 e. The maximum absolute atomic E-state index is 11.6. The van der Waals surface area contributed by atoms with Crippen LogP contribution in [-0.4, -0.2) is 16.0 Å². The van der Waals surface area contributed by atoms with Crippen LogP contribution >= 0.6 is 23.2 Å². The fraction of sp³-hybridized carbons (Fsp3) is 0. The molecule has 92 valence electrons. The zero-order valence-electron chi connectivity index (χ0n) is 9.02. The van der Waals surface area contributed by atoms with Gasteiger partial charge in [0.1, 0.15) is 10.3 Å². The average Bonchev–Trinajstić information content (AvgIpc) is 2.32. The van der Waals surface area contributed by atoms with Gasteiger partial charge >= 0.3 is 6.03 Å². The largest absolute Gasteiger partial charge is 0.323 e. The molecule has 0 aliphatic heterocycles. The highest BCUT2D eigenvalue weighted by atomic mass is 35.5. The van der Waals surface area contributed by atoms with E-state index in [9.17, 15) is 4.79 Å². The molecule has 0 saturated heterocycles.